The molecule has 0 aromatic heterocycles. The molecule has 0 bridgehead atoms. The van der Waals surface area contributed by atoms with Crippen LogP contribution in [0.4, 0.5) is 5.69 Å². The van der Waals surface area contributed by atoms with Crippen molar-refractivity contribution < 1.29 is 18.0 Å². The van der Waals surface area contributed by atoms with Crippen LogP contribution < -0.4 is 9.62 Å². The van der Waals surface area contributed by atoms with Crippen molar-refractivity contribution >= 4 is 66.7 Å². The summed E-state index contributed by atoms with van der Waals surface area (Å²) in [6, 6.07) is 18.6. The highest BCUT2D eigenvalue weighted by atomic mass is 79.9. The lowest BCUT2D eigenvalue weighted by atomic mass is 10.1. The van der Waals surface area contributed by atoms with E-state index in [1.165, 1.54) is 17.0 Å². The predicted molar refractivity (Wildman–Crippen MR) is 164 cm³/mol. The molecule has 0 aliphatic rings. The molecule has 1 atom stereocenters. The summed E-state index contributed by atoms with van der Waals surface area (Å²) in [4.78, 5) is 28.8. The third-order valence-corrected chi connectivity index (χ3v) is 9.05. The van der Waals surface area contributed by atoms with E-state index in [0.29, 0.717) is 34.3 Å². The van der Waals surface area contributed by atoms with Crippen molar-refractivity contribution in [2.45, 2.75) is 44.7 Å². The second kappa shape index (κ2) is 14.3. The molecule has 0 radical (unpaired) electrons. The summed E-state index contributed by atoms with van der Waals surface area (Å²) in [6.45, 7) is 5.65. The van der Waals surface area contributed by atoms with Crippen LogP contribution in [0.5, 0.6) is 0 Å². The minimum absolute atomic E-state index is 0.0119. The molecular weight excluding hydrogens is 637 g/mol. The third-order valence-electron chi connectivity index (χ3n) is 6.15. The van der Waals surface area contributed by atoms with Crippen LogP contribution in [0.15, 0.2) is 82.2 Å². The second-order valence-corrected chi connectivity index (χ2v) is 13.2. The van der Waals surface area contributed by atoms with Crippen molar-refractivity contribution in [1.82, 2.24) is 10.2 Å². The van der Waals surface area contributed by atoms with Crippen molar-refractivity contribution in [3.63, 3.8) is 0 Å². The Kier molecular flexibility index (Phi) is 11.5. The molecule has 1 N–H and O–H groups in total. The number of hydrogen-bond acceptors (Lipinski definition) is 4. The molecule has 214 valence electrons. The number of nitrogens with one attached hydrogen (secondary N) is 1. The molecule has 3 aromatic carbocycles. The maximum atomic E-state index is 14.1. The van der Waals surface area contributed by atoms with Gasteiger partial charge in [-0.25, -0.2) is 8.42 Å². The van der Waals surface area contributed by atoms with Crippen LogP contribution in [0, 0.1) is 5.92 Å². The van der Waals surface area contributed by atoms with Crippen LogP contribution >= 0.6 is 39.1 Å². The minimum Gasteiger partial charge on any atom is -0.354 e. The Morgan fingerprint density at radius 1 is 0.975 bits per heavy atom. The Morgan fingerprint density at radius 2 is 1.62 bits per heavy atom. The molecule has 0 heterocycles. The number of benzene rings is 3. The summed E-state index contributed by atoms with van der Waals surface area (Å²) in [5, 5.41) is 3.67. The summed E-state index contributed by atoms with van der Waals surface area (Å²) in [7, 11) is -4.13. The predicted octanol–water partition coefficient (Wildman–Crippen LogP) is 6.53. The van der Waals surface area contributed by atoms with E-state index in [4.69, 9.17) is 23.2 Å². The first-order valence-electron chi connectivity index (χ1n) is 12.8. The van der Waals surface area contributed by atoms with Gasteiger partial charge < -0.3 is 10.2 Å². The highest BCUT2D eigenvalue weighted by Gasteiger charge is 2.34. The van der Waals surface area contributed by atoms with Gasteiger partial charge in [-0.15, -0.1) is 0 Å². The summed E-state index contributed by atoms with van der Waals surface area (Å²) in [5.74, 6) is -0.670. The minimum atomic E-state index is -4.13. The highest BCUT2D eigenvalue weighted by Crippen LogP contribution is 2.27. The van der Waals surface area contributed by atoms with Gasteiger partial charge in [0, 0.05) is 27.6 Å². The van der Waals surface area contributed by atoms with Crippen LogP contribution in [-0.2, 0) is 26.2 Å². The molecule has 0 saturated carbocycles. The molecule has 3 rings (SSSR count). The largest absolute Gasteiger partial charge is 0.354 e. The van der Waals surface area contributed by atoms with Crippen LogP contribution in [0.25, 0.3) is 0 Å². The summed E-state index contributed by atoms with van der Waals surface area (Å²) < 4.78 is 29.4. The normalized spacial score (nSPS) is 12.2. The molecule has 11 heteroatoms. The number of carbonyl (C=O) groups excluding carboxylic acids is 2. The van der Waals surface area contributed by atoms with Gasteiger partial charge in [-0.3, -0.25) is 13.9 Å². The number of sulfonamides is 1. The van der Waals surface area contributed by atoms with Crippen molar-refractivity contribution in [2.24, 2.45) is 5.92 Å². The first-order valence-corrected chi connectivity index (χ1v) is 15.8. The number of nitrogens with zero attached hydrogens (tertiary/aromatic N) is 2. The monoisotopic (exact) mass is 667 g/mol. The third kappa shape index (κ3) is 8.22. The van der Waals surface area contributed by atoms with Gasteiger partial charge in [-0.2, -0.15) is 0 Å². The van der Waals surface area contributed by atoms with Crippen LogP contribution in [-0.4, -0.2) is 44.3 Å². The fourth-order valence-corrected chi connectivity index (χ4v) is 6.20. The van der Waals surface area contributed by atoms with Crippen LogP contribution in [0.1, 0.15) is 32.8 Å². The van der Waals surface area contributed by atoms with Crippen LogP contribution in [0.2, 0.25) is 10.0 Å². The van der Waals surface area contributed by atoms with Crippen molar-refractivity contribution in [1.29, 1.82) is 0 Å². The van der Waals surface area contributed by atoms with Crippen LogP contribution in [0.3, 0.4) is 0 Å². The van der Waals surface area contributed by atoms with Gasteiger partial charge in [0.15, 0.2) is 0 Å². The zero-order valence-electron chi connectivity index (χ0n) is 22.5. The molecule has 40 heavy (non-hydrogen) atoms. The lowest BCUT2D eigenvalue weighted by Gasteiger charge is -2.33. The molecular formula is C29H32BrCl2N3O4S. The molecule has 2 amide bonds. The fraction of sp³-hybridized carbons (Fsp3) is 0.310. The van der Waals surface area contributed by atoms with Crippen molar-refractivity contribution in [2.75, 3.05) is 17.4 Å². The van der Waals surface area contributed by atoms with Gasteiger partial charge in [-0.1, -0.05) is 84.2 Å². The van der Waals surface area contributed by atoms with E-state index in [9.17, 15) is 18.0 Å². The molecule has 0 aliphatic heterocycles. The van der Waals surface area contributed by atoms with E-state index in [2.05, 4.69) is 21.2 Å². The van der Waals surface area contributed by atoms with E-state index in [-0.39, 0.29) is 23.3 Å². The van der Waals surface area contributed by atoms with Gasteiger partial charge in [0.25, 0.3) is 10.0 Å². The molecule has 0 saturated heterocycles. The average Bonchev–Trinajstić information content (AvgIpc) is 2.92. The zero-order valence-corrected chi connectivity index (χ0v) is 26.4. The summed E-state index contributed by atoms with van der Waals surface area (Å²) >= 11 is 15.9. The van der Waals surface area contributed by atoms with Gasteiger partial charge in [0.1, 0.15) is 12.6 Å². The lowest BCUT2D eigenvalue weighted by Crippen LogP contribution is -2.52. The Balaban J connectivity index is 2.05. The summed E-state index contributed by atoms with van der Waals surface area (Å²) in [6.07, 6.45) is 0.310. The van der Waals surface area contributed by atoms with E-state index in [1.807, 2.05) is 13.8 Å². The topological polar surface area (TPSA) is 86.8 Å². The first-order chi connectivity index (χ1) is 18.9. The van der Waals surface area contributed by atoms with Crippen molar-refractivity contribution in [3.05, 3.63) is 92.9 Å². The molecule has 0 fully saturated rings. The average molecular weight is 669 g/mol. The number of rotatable bonds is 12. The summed E-state index contributed by atoms with van der Waals surface area (Å²) in [5.41, 5.74) is 0.887. The number of hydrogen-bond donors (Lipinski definition) is 1. The smallest absolute Gasteiger partial charge is 0.264 e. The molecule has 0 spiro atoms. The number of halogens is 3. The van der Waals surface area contributed by atoms with E-state index < -0.39 is 28.5 Å². The lowest BCUT2D eigenvalue weighted by molar-refractivity contribution is -0.140. The van der Waals surface area contributed by atoms with E-state index >= 15 is 0 Å². The molecule has 0 aliphatic carbocycles. The van der Waals surface area contributed by atoms with Gasteiger partial charge in [0.2, 0.25) is 11.8 Å². The van der Waals surface area contributed by atoms with E-state index in [1.54, 1.807) is 67.6 Å². The van der Waals surface area contributed by atoms with Gasteiger partial charge >= 0.3 is 0 Å². The Bertz CT molecular complexity index is 1420. The van der Waals surface area contributed by atoms with Gasteiger partial charge in [-0.05, 0) is 66.4 Å². The maximum absolute atomic E-state index is 14.1. The second-order valence-electron chi connectivity index (χ2n) is 9.62. The SMILES string of the molecule is CCC(C(=O)NCC(C)C)N(Cc1ccc(Cl)cc1Cl)C(=O)CN(c1ccc(Br)cc1)S(=O)(=O)c1ccccc1. The Morgan fingerprint density at radius 3 is 2.20 bits per heavy atom. The van der Waals surface area contributed by atoms with Crippen molar-refractivity contribution in [3.8, 4) is 0 Å². The molecule has 7 nitrogen and oxygen atoms in total. The highest BCUT2D eigenvalue weighted by molar-refractivity contribution is 9.10. The Hall–Kier alpha value is -2.59. The van der Waals surface area contributed by atoms with Gasteiger partial charge in [0.05, 0.1) is 10.6 Å². The standard InChI is InChI=1S/C29H32BrCl2N3O4S/c1-4-27(29(37)33-17-20(2)3)34(18-21-10-13-23(31)16-26(21)32)28(36)19-35(24-14-11-22(30)12-15-24)40(38,39)25-8-6-5-7-9-25/h5-16,20,27H,4,17-19H2,1-3H3,(H,33,37). The first kappa shape index (κ1) is 31.9. The number of carbonyl (C=O) groups is 2. The van der Waals surface area contributed by atoms with E-state index in [0.717, 1.165) is 8.78 Å². The molecule has 1 unspecified atom stereocenters. The quantitative estimate of drug-likeness (QED) is 0.238. The zero-order chi connectivity index (χ0) is 29.4. The number of amides is 2. The molecule has 3 aromatic rings. The Labute approximate surface area is 254 Å². The number of anilines is 1. The maximum Gasteiger partial charge on any atom is 0.264 e. The fourth-order valence-electron chi connectivity index (χ4n) is 4.03.